The molecule has 0 aromatic heterocycles. The summed E-state index contributed by atoms with van der Waals surface area (Å²) in [5, 5.41) is 8.91. The Labute approximate surface area is 107 Å². The molecule has 1 unspecified atom stereocenters. The van der Waals surface area contributed by atoms with E-state index in [1.165, 1.54) is 0 Å². The maximum atomic E-state index is 12.2. The van der Waals surface area contributed by atoms with Gasteiger partial charge in [0.05, 0.1) is 13.0 Å². The smallest absolute Gasteiger partial charge is 0.305 e. The zero-order valence-electron chi connectivity index (χ0n) is 11.5. The molecule has 0 aromatic carbocycles. The first kappa shape index (κ1) is 14.9. The van der Waals surface area contributed by atoms with Crippen molar-refractivity contribution in [3.8, 4) is 0 Å². The summed E-state index contributed by atoms with van der Waals surface area (Å²) in [5.74, 6) is -1.09. The SMILES string of the molecule is COCCN1CC(C)(C)N(C)C(=O)C1CC(=O)O. The van der Waals surface area contributed by atoms with Gasteiger partial charge in [-0.15, -0.1) is 0 Å². The minimum atomic E-state index is -0.955. The zero-order chi connectivity index (χ0) is 13.9. The predicted octanol–water partition coefficient (Wildman–Crippen LogP) is 0.0287. The second-order valence-corrected chi connectivity index (χ2v) is 5.29. The summed E-state index contributed by atoms with van der Waals surface area (Å²) in [4.78, 5) is 26.6. The molecule has 1 fully saturated rings. The van der Waals surface area contributed by atoms with Crippen molar-refractivity contribution in [1.82, 2.24) is 9.80 Å². The van der Waals surface area contributed by atoms with E-state index in [1.807, 2.05) is 18.7 Å². The Balaban J connectivity index is 2.87. The van der Waals surface area contributed by atoms with Crippen molar-refractivity contribution in [2.75, 3.05) is 33.9 Å². The fourth-order valence-corrected chi connectivity index (χ4v) is 2.22. The highest BCUT2D eigenvalue weighted by molar-refractivity contribution is 5.87. The van der Waals surface area contributed by atoms with E-state index in [4.69, 9.17) is 9.84 Å². The van der Waals surface area contributed by atoms with Gasteiger partial charge in [0.2, 0.25) is 5.91 Å². The first-order valence-corrected chi connectivity index (χ1v) is 6.02. The molecule has 1 N–H and O–H groups in total. The van der Waals surface area contributed by atoms with Crippen molar-refractivity contribution >= 4 is 11.9 Å². The highest BCUT2D eigenvalue weighted by Gasteiger charge is 2.43. The van der Waals surface area contributed by atoms with E-state index < -0.39 is 12.0 Å². The number of carboxylic acid groups (broad SMARTS) is 1. The minimum absolute atomic E-state index is 0.134. The molecule has 1 saturated heterocycles. The number of carbonyl (C=O) groups excluding carboxylic acids is 1. The van der Waals surface area contributed by atoms with Crippen LogP contribution in [0.25, 0.3) is 0 Å². The lowest BCUT2D eigenvalue weighted by atomic mass is 9.94. The van der Waals surface area contributed by atoms with Gasteiger partial charge in [0.1, 0.15) is 6.04 Å². The van der Waals surface area contributed by atoms with Gasteiger partial charge in [0.15, 0.2) is 0 Å². The Kier molecular flexibility index (Phi) is 4.70. The Hall–Kier alpha value is -1.14. The number of piperazine rings is 1. The Morgan fingerprint density at radius 2 is 2.17 bits per heavy atom. The van der Waals surface area contributed by atoms with Gasteiger partial charge in [-0.05, 0) is 13.8 Å². The lowest BCUT2D eigenvalue weighted by Gasteiger charge is -2.48. The van der Waals surface area contributed by atoms with Crippen molar-refractivity contribution in [2.45, 2.75) is 31.8 Å². The number of likely N-dealkylation sites (N-methyl/N-ethyl adjacent to an activating group) is 1. The van der Waals surface area contributed by atoms with E-state index in [9.17, 15) is 9.59 Å². The van der Waals surface area contributed by atoms with Gasteiger partial charge in [0, 0.05) is 32.8 Å². The van der Waals surface area contributed by atoms with Crippen molar-refractivity contribution in [3.05, 3.63) is 0 Å². The molecular formula is C12H22N2O4. The molecule has 104 valence electrons. The number of hydrogen-bond donors (Lipinski definition) is 1. The van der Waals surface area contributed by atoms with Crippen LogP contribution < -0.4 is 0 Å². The first-order valence-electron chi connectivity index (χ1n) is 6.02. The fourth-order valence-electron chi connectivity index (χ4n) is 2.22. The molecule has 0 spiro atoms. The van der Waals surface area contributed by atoms with Crippen molar-refractivity contribution < 1.29 is 19.4 Å². The molecule has 0 bridgehead atoms. The summed E-state index contributed by atoms with van der Waals surface area (Å²) in [7, 11) is 3.32. The van der Waals surface area contributed by atoms with E-state index in [-0.39, 0.29) is 17.9 Å². The summed E-state index contributed by atoms with van der Waals surface area (Å²) in [6.45, 7) is 5.65. The normalized spacial score (nSPS) is 24.3. The van der Waals surface area contributed by atoms with Gasteiger partial charge < -0.3 is 14.7 Å². The standard InChI is InChI=1S/C12H22N2O4/c1-12(2)8-14(5-6-18-4)9(7-10(15)16)11(17)13(12)3/h9H,5-8H2,1-4H3,(H,15,16). The molecule has 1 atom stereocenters. The molecule has 1 aliphatic rings. The average molecular weight is 258 g/mol. The van der Waals surface area contributed by atoms with Gasteiger partial charge in [0.25, 0.3) is 0 Å². The van der Waals surface area contributed by atoms with Crippen LogP contribution in [0.4, 0.5) is 0 Å². The van der Waals surface area contributed by atoms with Gasteiger partial charge >= 0.3 is 5.97 Å². The van der Waals surface area contributed by atoms with Crippen LogP contribution in [0.1, 0.15) is 20.3 Å². The van der Waals surface area contributed by atoms with E-state index >= 15 is 0 Å². The maximum absolute atomic E-state index is 12.2. The van der Waals surface area contributed by atoms with E-state index in [2.05, 4.69) is 0 Å². The molecule has 0 saturated carbocycles. The van der Waals surface area contributed by atoms with E-state index in [1.54, 1.807) is 19.1 Å². The number of aliphatic carboxylic acids is 1. The Bertz CT molecular complexity index is 330. The third-order valence-electron chi connectivity index (χ3n) is 3.51. The molecule has 6 heteroatoms. The lowest BCUT2D eigenvalue weighted by Crippen LogP contribution is -2.65. The summed E-state index contributed by atoms with van der Waals surface area (Å²) in [5.41, 5.74) is -0.292. The quantitative estimate of drug-likeness (QED) is 0.753. The minimum Gasteiger partial charge on any atom is -0.481 e. The monoisotopic (exact) mass is 258 g/mol. The lowest BCUT2D eigenvalue weighted by molar-refractivity contribution is -0.155. The number of methoxy groups -OCH3 is 1. The third kappa shape index (κ3) is 3.20. The largest absolute Gasteiger partial charge is 0.481 e. The molecule has 1 rings (SSSR count). The Morgan fingerprint density at radius 1 is 1.56 bits per heavy atom. The number of nitrogens with zero attached hydrogens (tertiary/aromatic N) is 2. The molecule has 1 aliphatic heterocycles. The number of carbonyl (C=O) groups is 2. The second-order valence-electron chi connectivity index (χ2n) is 5.29. The van der Waals surface area contributed by atoms with Crippen LogP contribution in [-0.4, -0.2) is 72.2 Å². The number of ether oxygens (including phenoxy) is 1. The van der Waals surface area contributed by atoms with Gasteiger partial charge in [-0.25, -0.2) is 0 Å². The number of rotatable bonds is 5. The highest BCUT2D eigenvalue weighted by Crippen LogP contribution is 2.25. The number of hydrogen-bond acceptors (Lipinski definition) is 4. The summed E-state index contributed by atoms with van der Waals surface area (Å²) in [6.07, 6.45) is -0.164. The molecule has 1 heterocycles. The van der Waals surface area contributed by atoms with Crippen LogP contribution in [0.15, 0.2) is 0 Å². The molecule has 0 aliphatic carbocycles. The molecule has 0 aromatic rings. The first-order chi connectivity index (χ1) is 8.29. The topological polar surface area (TPSA) is 70.1 Å². The second kappa shape index (κ2) is 5.67. The predicted molar refractivity (Wildman–Crippen MR) is 66.3 cm³/mol. The average Bonchev–Trinajstić information content (AvgIpc) is 2.27. The Morgan fingerprint density at radius 3 is 2.67 bits per heavy atom. The number of amides is 1. The van der Waals surface area contributed by atoms with Crippen LogP contribution in [0.5, 0.6) is 0 Å². The van der Waals surface area contributed by atoms with Crippen molar-refractivity contribution in [3.63, 3.8) is 0 Å². The van der Waals surface area contributed by atoms with Gasteiger partial charge in [-0.2, -0.15) is 0 Å². The molecule has 18 heavy (non-hydrogen) atoms. The zero-order valence-corrected chi connectivity index (χ0v) is 11.5. The molecule has 0 radical (unpaired) electrons. The van der Waals surface area contributed by atoms with Crippen LogP contribution in [0.2, 0.25) is 0 Å². The maximum Gasteiger partial charge on any atom is 0.305 e. The summed E-state index contributed by atoms with van der Waals surface area (Å²) in [6, 6.07) is -0.587. The summed E-state index contributed by atoms with van der Waals surface area (Å²) < 4.78 is 5.01. The molecule has 1 amide bonds. The van der Waals surface area contributed by atoms with Gasteiger partial charge in [-0.1, -0.05) is 0 Å². The number of carboxylic acids is 1. The van der Waals surface area contributed by atoms with Crippen LogP contribution in [0.3, 0.4) is 0 Å². The fraction of sp³-hybridized carbons (Fsp3) is 0.833. The molecular weight excluding hydrogens is 236 g/mol. The van der Waals surface area contributed by atoms with E-state index in [0.29, 0.717) is 19.7 Å². The van der Waals surface area contributed by atoms with Crippen molar-refractivity contribution in [1.29, 1.82) is 0 Å². The van der Waals surface area contributed by atoms with E-state index in [0.717, 1.165) is 0 Å². The van der Waals surface area contributed by atoms with Crippen LogP contribution in [0, 0.1) is 0 Å². The van der Waals surface area contributed by atoms with Crippen molar-refractivity contribution in [2.24, 2.45) is 0 Å². The van der Waals surface area contributed by atoms with Gasteiger partial charge in [-0.3, -0.25) is 14.5 Å². The summed E-state index contributed by atoms with van der Waals surface area (Å²) >= 11 is 0. The highest BCUT2D eigenvalue weighted by atomic mass is 16.5. The van der Waals surface area contributed by atoms with Crippen LogP contribution in [-0.2, 0) is 14.3 Å². The van der Waals surface area contributed by atoms with Crippen LogP contribution >= 0.6 is 0 Å². The molecule has 6 nitrogen and oxygen atoms in total. The third-order valence-corrected chi connectivity index (χ3v) is 3.51.